The highest BCUT2D eigenvalue weighted by Gasteiger charge is 2.13. The number of carbonyl (C=O) groups is 1. The number of hydrogen-bond donors (Lipinski definition) is 2. The van der Waals surface area contributed by atoms with Gasteiger partial charge in [0.25, 0.3) is 5.56 Å². The topological polar surface area (TPSA) is 79.8 Å². The number of thioether (sulfide) groups is 1. The number of nitrogens with one attached hydrogen (secondary N) is 2. The molecule has 0 atom stereocenters. The minimum Gasteiger partial charge on any atom is -0.325 e. The van der Waals surface area contributed by atoms with E-state index in [9.17, 15) is 9.59 Å². The largest absolute Gasteiger partial charge is 0.325 e. The number of rotatable bonds is 6. The number of H-pyrrole nitrogens is 1. The lowest BCUT2D eigenvalue weighted by Crippen LogP contribution is -2.15. The van der Waals surface area contributed by atoms with E-state index in [0.29, 0.717) is 26.0 Å². The standard InChI is InChI=1S/C17H16N4O2S3/c1-3-8-21-14-13(26-17(21)24)15(23)20-16(19-14)25-9-12(22)18-11-6-4-10(2)5-7-11/h3-7H,1,8-9H2,2H3,(H,18,22)(H,19,20,23). The molecule has 2 heterocycles. The van der Waals surface area contributed by atoms with Gasteiger partial charge in [-0.2, -0.15) is 0 Å². The van der Waals surface area contributed by atoms with Crippen LogP contribution in [0.5, 0.6) is 0 Å². The van der Waals surface area contributed by atoms with Crippen molar-refractivity contribution in [2.45, 2.75) is 18.6 Å². The molecule has 0 aliphatic carbocycles. The first-order chi connectivity index (χ1) is 12.5. The summed E-state index contributed by atoms with van der Waals surface area (Å²) in [6, 6.07) is 7.55. The average molecular weight is 405 g/mol. The maximum atomic E-state index is 12.3. The minimum atomic E-state index is -0.254. The van der Waals surface area contributed by atoms with Crippen LogP contribution in [0.1, 0.15) is 5.56 Å². The fourth-order valence-electron chi connectivity index (χ4n) is 2.26. The summed E-state index contributed by atoms with van der Waals surface area (Å²) in [5, 5.41) is 3.20. The van der Waals surface area contributed by atoms with Gasteiger partial charge >= 0.3 is 0 Å². The molecule has 0 unspecified atom stereocenters. The summed E-state index contributed by atoms with van der Waals surface area (Å²) >= 11 is 7.66. The molecular formula is C17H16N4O2S3. The molecule has 0 saturated carbocycles. The van der Waals surface area contributed by atoms with E-state index < -0.39 is 0 Å². The Kier molecular flexibility index (Phi) is 5.70. The summed E-state index contributed by atoms with van der Waals surface area (Å²) in [5.41, 5.74) is 2.12. The Labute approximate surface area is 163 Å². The molecule has 6 nitrogen and oxygen atoms in total. The second-order valence-electron chi connectivity index (χ2n) is 5.49. The summed E-state index contributed by atoms with van der Waals surface area (Å²) in [6.45, 7) is 6.16. The summed E-state index contributed by atoms with van der Waals surface area (Å²) in [4.78, 5) is 31.5. The smallest absolute Gasteiger partial charge is 0.271 e. The normalized spacial score (nSPS) is 10.8. The Morgan fingerprint density at radius 2 is 2.19 bits per heavy atom. The highest BCUT2D eigenvalue weighted by atomic mass is 32.2. The average Bonchev–Trinajstić information content (AvgIpc) is 2.92. The Hall–Kier alpha value is -2.23. The van der Waals surface area contributed by atoms with Crippen LogP contribution in [-0.4, -0.2) is 26.2 Å². The molecule has 2 aromatic heterocycles. The number of benzene rings is 1. The number of aryl methyl sites for hydroxylation is 1. The molecule has 26 heavy (non-hydrogen) atoms. The predicted octanol–water partition coefficient (Wildman–Crippen LogP) is 3.74. The molecule has 2 N–H and O–H groups in total. The van der Waals surface area contributed by atoms with Gasteiger partial charge < -0.3 is 14.9 Å². The molecule has 9 heteroatoms. The summed E-state index contributed by atoms with van der Waals surface area (Å²) < 4.78 is 2.80. The Bertz CT molecular complexity index is 1080. The number of anilines is 1. The second kappa shape index (κ2) is 7.98. The van der Waals surface area contributed by atoms with E-state index in [1.54, 1.807) is 10.6 Å². The quantitative estimate of drug-likeness (QED) is 0.283. The van der Waals surface area contributed by atoms with Crippen molar-refractivity contribution in [1.29, 1.82) is 0 Å². The van der Waals surface area contributed by atoms with E-state index in [0.717, 1.165) is 11.3 Å². The number of fused-ring (bicyclic) bond motifs is 1. The van der Waals surface area contributed by atoms with Crippen molar-refractivity contribution in [3.05, 3.63) is 56.8 Å². The van der Waals surface area contributed by atoms with E-state index in [4.69, 9.17) is 12.2 Å². The third-order valence-corrected chi connectivity index (χ3v) is 5.80. The van der Waals surface area contributed by atoms with Crippen LogP contribution in [-0.2, 0) is 11.3 Å². The number of thiazole rings is 1. The molecule has 0 aliphatic heterocycles. The van der Waals surface area contributed by atoms with Crippen LogP contribution in [0.4, 0.5) is 5.69 Å². The number of amides is 1. The first-order valence-electron chi connectivity index (χ1n) is 7.72. The molecule has 0 fully saturated rings. The van der Waals surface area contributed by atoms with Gasteiger partial charge in [-0.05, 0) is 31.3 Å². The summed E-state index contributed by atoms with van der Waals surface area (Å²) in [6.07, 6.45) is 1.70. The number of carbonyl (C=O) groups excluding carboxylic acids is 1. The number of allylic oxidation sites excluding steroid dienone is 1. The molecule has 0 bridgehead atoms. The SMILES string of the molecule is C=CCn1c(=S)sc2c(=O)[nH]c(SCC(=O)Nc3ccc(C)cc3)nc21. The Balaban J connectivity index is 1.76. The number of aromatic nitrogens is 3. The zero-order chi connectivity index (χ0) is 18.7. The maximum absolute atomic E-state index is 12.3. The van der Waals surface area contributed by atoms with E-state index in [2.05, 4.69) is 21.9 Å². The van der Waals surface area contributed by atoms with Gasteiger partial charge in [-0.1, -0.05) is 46.9 Å². The van der Waals surface area contributed by atoms with Gasteiger partial charge in [0.2, 0.25) is 5.91 Å². The fourth-order valence-corrected chi connectivity index (χ4v) is 4.16. The molecule has 134 valence electrons. The van der Waals surface area contributed by atoms with E-state index >= 15 is 0 Å². The maximum Gasteiger partial charge on any atom is 0.271 e. The zero-order valence-corrected chi connectivity index (χ0v) is 16.4. The van der Waals surface area contributed by atoms with E-state index in [1.165, 1.54) is 23.1 Å². The van der Waals surface area contributed by atoms with Gasteiger partial charge in [-0.15, -0.1) is 6.58 Å². The number of hydrogen-bond acceptors (Lipinski definition) is 6. The second-order valence-corrected chi connectivity index (χ2v) is 8.10. The minimum absolute atomic E-state index is 0.134. The van der Waals surface area contributed by atoms with Gasteiger partial charge in [0.05, 0.1) is 5.75 Å². The van der Waals surface area contributed by atoms with Crippen molar-refractivity contribution in [2.24, 2.45) is 0 Å². The first-order valence-corrected chi connectivity index (χ1v) is 9.93. The zero-order valence-electron chi connectivity index (χ0n) is 13.9. The van der Waals surface area contributed by atoms with Crippen LogP contribution in [0.2, 0.25) is 0 Å². The summed E-state index contributed by atoms with van der Waals surface area (Å²) in [7, 11) is 0. The van der Waals surface area contributed by atoms with Crippen LogP contribution in [0.15, 0.2) is 46.9 Å². The van der Waals surface area contributed by atoms with Crippen LogP contribution in [0.3, 0.4) is 0 Å². The molecule has 0 aliphatic rings. The van der Waals surface area contributed by atoms with Crippen LogP contribution in [0, 0.1) is 10.9 Å². The van der Waals surface area contributed by atoms with Gasteiger partial charge in [-0.3, -0.25) is 9.59 Å². The van der Waals surface area contributed by atoms with Crippen LogP contribution < -0.4 is 10.9 Å². The molecule has 0 radical (unpaired) electrons. The monoisotopic (exact) mass is 404 g/mol. The van der Waals surface area contributed by atoms with Crippen molar-refractivity contribution in [2.75, 3.05) is 11.1 Å². The van der Waals surface area contributed by atoms with Crippen molar-refractivity contribution in [1.82, 2.24) is 14.5 Å². The number of nitrogens with zero attached hydrogens (tertiary/aromatic N) is 2. The van der Waals surface area contributed by atoms with E-state index in [1.807, 2.05) is 31.2 Å². The van der Waals surface area contributed by atoms with Crippen LogP contribution >= 0.6 is 35.3 Å². The summed E-state index contributed by atoms with van der Waals surface area (Å²) in [5.74, 6) is -0.0379. The van der Waals surface area contributed by atoms with Crippen LogP contribution in [0.25, 0.3) is 10.3 Å². The molecule has 0 spiro atoms. The van der Waals surface area contributed by atoms with E-state index in [-0.39, 0.29) is 17.2 Å². The van der Waals surface area contributed by atoms with Crippen molar-refractivity contribution >= 4 is 57.3 Å². The van der Waals surface area contributed by atoms with Crippen molar-refractivity contribution in [3.63, 3.8) is 0 Å². The highest BCUT2D eigenvalue weighted by molar-refractivity contribution is 7.99. The third-order valence-electron chi connectivity index (χ3n) is 3.49. The predicted molar refractivity (Wildman–Crippen MR) is 110 cm³/mol. The molecule has 1 aromatic carbocycles. The van der Waals surface area contributed by atoms with Gasteiger partial charge in [0, 0.05) is 12.2 Å². The Morgan fingerprint density at radius 3 is 2.88 bits per heavy atom. The van der Waals surface area contributed by atoms with Crippen molar-refractivity contribution in [3.8, 4) is 0 Å². The molecule has 3 aromatic rings. The lowest BCUT2D eigenvalue weighted by atomic mass is 10.2. The third kappa shape index (κ3) is 4.12. The molecule has 1 amide bonds. The molecule has 3 rings (SSSR count). The molecule has 0 saturated heterocycles. The molecular weight excluding hydrogens is 388 g/mol. The van der Waals surface area contributed by atoms with Gasteiger partial charge in [0.15, 0.2) is 14.8 Å². The van der Waals surface area contributed by atoms with Gasteiger partial charge in [0.1, 0.15) is 4.70 Å². The Morgan fingerprint density at radius 1 is 1.46 bits per heavy atom. The lowest BCUT2D eigenvalue weighted by molar-refractivity contribution is -0.113. The highest BCUT2D eigenvalue weighted by Crippen LogP contribution is 2.21. The fraction of sp³-hybridized carbons (Fsp3) is 0.176. The van der Waals surface area contributed by atoms with Crippen molar-refractivity contribution < 1.29 is 4.79 Å². The number of aromatic amines is 1. The lowest BCUT2D eigenvalue weighted by Gasteiger charge is -2.06. The first kappa shape index (κ1) is 18.6. The van der Waals surface area contributed by atoms with Gasteiger partial charge in [-0.25, -0.2) is 4.98 Å².